The van der Waals surface area contributed by atoms with E-state index in [0.29, 0.717) is 23.2 Å². The Balaban J connectivity index is 1.16. The first kappa shape index (κ1) is 39.5. The molecule has 9 aromatic carbocycles. The van der Waals surface area contributed by atoms with E-state index >= 15 is 0 Å². The van der Waals surface area contributed by atoms with Crippen LogP contribution < -0.4 is 0 Å². The molecule has 0 aliphatic heterocycles. The van der Waals surface area contributed by atoms with E-state index in [1.165, 1.54) is 24.3 Å². The molecular formula is C58H34F4N6. The van der Waals surface area contributed by atoms with Crippen LogP contribution in [0.2, 0.25) is 0 Å². The maximum atomic E-state index is 14.7. The van der Waals surface area contributed by atoms with Crippen molar-refractivity contribution in [2.24, 2.45) is 0 Å². The van der Waals surface area contributed by atoms with Gasteiger partial charge in [-0.05, 0) is 84.9 Å². The van der Waals surface area contributed by atoms with Crippen LogP contribution in [0.3, 0.4) is 0 Å². The van der Waals surface area contributed by atoms with Crippen molar-refractivity contribution in [2.75, 3.05) is 0 Å². The number of rotatable bonds is 6. The normalized spacial score (nSPS) is 12.1. The minimum absolute atomic E-state index is 0.364. The Morgan fingerprint density at radius 2 is 0.706 bits per heavy atom. The van der Waals surface area contributed by atoms with Crippen molar-refractivity contribution in [2.45, 2.75) is 6.18 Å². The zero-order valence-corrected chi connectivity index (χ0v) is 35.8. The van der Waals surface area contributed by atoms with Gasteiger partial charge in [0.25, 0.3) is 0 Å². The van der Waals surface area contributed by atoms with Gasteiger partial charge in [-0.2, -0.15) is 13.2 Å². The number of hydrogen-bond donors (Lipinski definition) is 0. The molecule has 13 rings (SSSR count). The molecule has 0 saturated carbocycles. The van der Waals surface area contributed by atoms with Crippen LogP contribution >= 0.6 is 0 Å². The molecule has 0 fully saturated rings. The fraction of sp³-hybridized carbons (Fsp3) is 0.0172. The SMILES string of the molecule is Fc1ccc(-n2c3ccccc3c3c2c2c4ccccc4n(-c4cccc(C(F)(F)F)c4)c2c2c4ccccc4n(-c4ccc(-c5nc(-c6ccccc6)nc(-c6ccccc6)n5)cc4)c32)cc1. The molecule has 10 heteroatoms. The highest BCUT2D eigenvalue weighted by molar-refractivity contribution is 6.40. The second-order valence-corrected chi connectivity index (χ2v) is 16.8. The maximum absolute atomic E-state index is 14.7. The zero-order valence-electron chi connectivity index (χ0n) is 35.8. The van der Waals surface area contributed by atoms with Crippen molar-refractivity contribution in [1.82, 2.24) is 28.7 Å². The molecule has 0 atom stereocenters. The molecule has 0 radical (unpaired) electrons. The molecule has 0 spiro atoms. The highest BCUT2D eigenvalue weighted by Crippen LogP contribution is 2.50. The third-order valence-corrected chi connectivity index (χ3v) is 12.9. The Kier molecular flexibility index (Phi) is 8.75. The summed E-state index contributed by atoms with van der Waals surface area (Å²) >= 11 is 0. The summed E-state index contributed by atoms with van der Waals surface area (Å²) in [6.07, 6.45) is -4.57. The smallest absolute Gasteiger partial charge is 0.308 e. The van der Waals surface area contributed by atoms with Crippen LogP contribution in [-0.2, 0) is 6.18 Å². The topological polar surface area (TPSA) is 53.5 Å². The molecule has 324 valence electrons. The van der Waals surface area contributed by atoms with Gasteiger partial charge in [0.1, 0.15) is 5.82 Å². The Hall–Kier alpha value is -8.89. The summed E-state index contributed by atoms with van der Waals surface area (Å²) in [6, 6.07) is 64.1. The van der Waals surface area contributed by atoms with E-state index in [0.717, 1.165) is 99.5 Å². The molecule has 4 heterocycles. The van der Waals surface area contributed by atoms with Gasteiger partial charge in [-0.15, -0.1) is 0 Å². The second-order valence-electron chi connectivity index (χ2n) is 16.8. The van der Waals surface area contributed by atoms with Crippen LogP contribution in [-0.4, -0.2) is 28.7 Å². The molecular weight excluding hydrogens is 857 g/mol. The van der Waals surface area contributed by atoms with Crippen LogP contribution in [0.4, 0.5) is 17.6 Å². The van der Waals surface area contributed by atoms with E-state index < -0.39 is 11.7 Å². The van der Waals surface area contributed by atoms with Gasteiger partial charge in [-0.25, -0.2) is 19.3 Å². The average molecular weight is 891 g/mol. The van der Waals surface area contributed by atoms with Crippen molar-refractivity contribution in [3.63, 3.8) is 0 Å². The summed E-state index contributed by atoms with van der Waals surface area (Å²) in [5, 5.41) is 5.42. The lowest BCUT2D eigenvalue weighted by molar-refractivity contribution is -0.137. The highest BCUT2D eigenvalue weighted by atomic mass is 19.4. The van der Waals surface area contributed by atoms with Gasteiger partial charge in [0.15, 0.2) is 17.5 Å². The van der Waals surface area contributed by atoms with E-state index in [2.05, 4.69) is 45.5 Å². The molecule has 0 amide bonds. The fourth-order valence-corrected chi connectivity index (χ4v) is 10.1. The predicted molar refractivity (Wildman–Crippen MR) is 264 cm³/mol. The lowest BCUT2D eigenvalue weighted by Crippen LogP contribution is -2.06. The lowest BCUT2D eigenvalue weighted by atomic mass is 10.0. The molecule has 68 heavy (non-hydrogen) atoms. The molecule has 0 aliphatic carbocycles. The van der Waals surface area contributed by atoms with E-state index in [9.17, 15) is 17.6 Å². The first-order valence-corrected chi connectivity index (χ1v) is 22.1. The van der Waals surface area contributed by atoms with Crippen LogP contribution in [0, 0.1) is 5.82 Å². The first-order chi connectivity index (χ1) is 33.3. The van der Waals surface area contributed by atoms with Crippen LogP contribution in [0.1, 0.15) is 5.56 Å². The van der Waals surface area contributed by atoms with Gasteiger partial charge in [0, 0.05) is 66.1 Å². The third-order valence-electron chi connectivity index (χ3n) is 12.9. The largest absolute Gasteiger partial charge is 0.416 e. The number of fused-ring (bicyclic) bond motifs is 12. The maximum Gasteiger partial charge on any atom is 0.416 e. The summed E-state index contributed by atoms with van der Waals surface area (Å²) in [6.45, 7) is 0. The number of halogens is 4. The van der Waals surface area contributed by atoms with E-state index in [4.69, 9.17) is 15.0 Å². The van der Waals surface area contributed by atoms with Crippen LogP contribution in [0.5, 0.6) is 0 Å². The highest BCUT2D eigenvalue weighted by Gasteiger charge is 2.32. The third kappa shape index (κ3) is 6.07. The Labute approximate surface area is 385 Å². The first-order valence-electron chi connectivity index (χ1n) is 22.1. The van der Waals surface area contributed by atoms with Gasteiger partial charge < -0.3 is 13.7 Å². The van der Waals surface area contributed by atoms with Gasteiger partial charge in [-0.3, -0.25) is 0 Å². The molecule has 0 N–H and O–H groups in total. The van der Waals surface area contributed by atoms with Crippen LogP contribution in [0.25, 0.3) is 117 Å². The summed E-state index contributed by atoms with van der Waals surface area (Å²) < 4.78 is 64.8. The van der Waals surface area contributed by atoms with Crippen molar-refractivity contribution in [3.05, 3.63) is 218 Å². The van der Waals surface area contributed by atoms with Gasteiger partial charge in [0.2, 0.25) is 0 Å². The molecule has 0 saturated heterocycles. The standard InChI is InChI=1S/C58H34F4N6/c59-39-28-32-41(33-29-39)67-47-24-11-7-20-43(47)49-52-50(54-51(53(49)67)45-22-9-12-25-48(45)68(54)42-19-13-18-38(34-42)58(60,61)62)44-21-8-10-23-46(44)66(52)40-30-26-37(27-31-40)57-64-55(35-14-3-1-4-15-35)63-56(65-57)36-16-5-2-6-17-36/h1-34H. The Morgan fingerprint density at radius 3 is 1.13 bits per heavy atom. The van der Waals surface area contributed by atoms with Crippen LogP contribution in [0.15, 0.2) is 206 Å². The molecule has 6 nitrogen and oxygen atoms in total. The number of hydrogen-bond acceptors (Lipinski definition) is 3. The number of alkyl halides is 3. The number of benzene rings is 9. The summed E-state index contributed by atoms with van der Waals surface area (Å²) in [5.74, 6) is 1.27. The molecule has 4 aromatic heterocycles. The fourth-order valence-electron chi connectivity index (χ4n) is 10.1. The monoisotopic (exact) mass is 890 g/mol. The number of para-hydroxylation sites is 3. The minimum atomic E-state index is -4.57. The number of nitrogens with zero attached hydrogens (tertiary/aromatic N) is 6. The zero-order chi connectivity index (χ0) is 45.7. The van der Waals surface area contributed by atoms with Crippen molar-refractivity contribution >= 4 is 65.4 Å². The second kappa shape index (κ2) is 15.1. The average Bonchev–Trinajstić information content (AvgIpc) is 4.03. The van der Waals surface area contributed by atoms with Crippen molar-refractivity contribution < 1.29 is 17.6 Å². The van der Waals surface area contributed by atoms with E-state index in [1.54, 1.807) is 18.2 Å². The lowest BCUT2D eigenvalue weighted by Gasteiger charge is -2.15. The predicted octanol–water partition coefficient (Wildman–Crippen LogP) is 15.3. The minimum Gasteiger partial charge on any atom is -0.308 e. The van der Waals surface area contributed by atoms with Gasteiger partial charge in [-0.1, -0.05) is 121 Å². The molecule has 0 bridgehead atoms. The quantitative estimate of drug-likeness (QED) is 0.156. The Morgan fingerprint density at radius 1 is 0.338 bits per heavy atom. The Bertz CT molecular complexity index is 4060. The summed E-state index contributed by atoms with van der Waals surface area (Å²) in [5.41, 5.74) is 8.74. The van der Waals surface area contributed by atoms with Gasteiger partial charge >= 0.3 is 6.18 Å². The summed E-state index contributed by atoms with van der Waals surface area (Å²) in [4.78, 5) is 14.9. The van der Waals surface area contributed by atoms with E-state index in [1.807, 2.05) is 126 Å². The van der Waals surface area contributed by atoms with Crippen molar-refractivity contribution in [3.8, 4) is 51.2 Å². The summed E-state index contributed by atoms with van der Waals surface area (Å²) in [7, 11) is 0. The van der Waals surface area contributed by atoms with Gasteiger partial charge in [0.05, 0.1) is 38.7 Å². The van der Waals surface area contributed by atoms with E-state index in [-0.39, 0.29) is 5.82 Å². The molecule has 0 unspecified atom stereocenters. The molecule has 13 aromatic rings. The molecule has 0 aliphatic rings. The number of aromatic nitrogens is 6. The van der Waals surface area contributed by atoms with Crippen molar-refractivity contribution in [1.29, 1.82) is 0 Å².